The van der Waals surface area contributed by atoms with Crippen molar-refractivity contribution in [2.45, 2.75) is 19.4 Å². The molecule has 4 aromatic rings. The number of aromatic nitrogens is 1. The van der Waals surface area contributed by atoms with E-state index in [1.165, 1.54) is 0 Å². The van der Waals surface area contributed by atoms with E-state index in [1.807, 2.05) is 61.5 Å². The number of carbonyl (C=O) groups excluding carboxylic acids is 2. The summed E-state index contributed by atoms with van der Waals surface area (Å²) in [5.74, 6) is -0.0664. The number of hydrogen-bond acceptors (Lipinski definition) is 5. The lowest BCUT2D eigenvalue weighted by Gasteiger charge is -2.16. The molecular weight excluding hydrogens is 426 g/mol. The van der Waals surface area contributed by atoms with Crippen LogP contribution in [-0.4, -0.2) is 16.9 Å². The van der Waals surface area contributed by atoms with Crippen LogP contribution in [-0.2, 0) is 11.2 Å². The summed E-state index contributed by atoms with van der Waals surface area (Å²) in [6, 6.07) is 25.3. The third kappa shape index (κ3) is 5.74. The molecule has 34 heavy (non-hydrogen) atoms. The van der Waals surface area contributed by atoms with Crippen molar-refractivity contribution in [1.82, 2.24) is 4.98 Å². The molecule has 3 aromatic carbocycles. The molecule has 0 saturated carbocycles. The van der Waals surface area contributed by atoms with Crippen molar-refractivity contribution in [3.63, 3.8) is 0 Å². The molecule has 1 amide bonds. The van der Waals surface area contributed by atoms with Crippen LogP contribution in [0.2, 0.25) is 0 Å². The fourth-order valence-electron chi connectivity index (χ4n) is 3.65. The van der Waals surface area contributed by atoms with Gasteiger partial charge in [-0.25, -0.2) is 0 Å². The normalized spacial score (nSPS) is 11.5. The third-order valence-corrected chi connectivity index (χ3v) is 5.31. The van der Waals surface area contributed by atoms with Crippen LogP contribution in [0.15, 0.2) is 97.3 Å². The van der Waals surface area contributed by atoms with Crippen molar-refractivity contribution in [1.29, 1.82) is 0 Å². The minimum Gasteiger partial charge on any atom is -0.426 e. The maximum absolute atomic E-state index is 12.8. The van der Waals surface area contributed by atoms with Gasteiger partial charge < -0.3 is 15.8 Å². The van der Waals surface area contributed by atoms with Crippen molar-refractivity contribution >= 4 is 17.6 Å². The highest BCUT2D eigenvalue weighted by molar-refractivity contribution is 6.05. The second-order valence-corrected chi connectivity index (χ2v) is 7.94. The monoisotopic (exact) mass is 451 g/mol. The molecule has 0 radical (unpaired) electrons. The number of ether oxygens (including phenoxy) is 1. The molecule has 0 fully saturated rings. The molecule has 170 valence electrons. The van der Waals surface area contributed by atoms with Gasteiger partial charge in [0.25, 0.3) is 5.91 Å². The van der Waals surface area contributed by atoms with Crippen LogP contribution in [0.25, 0.3) is 11.1 Å². The first-order valence-electron chi connectivity index (χ1n) is 11.0. The van der Waals surface area contributed by atoms with Gasteiger partial charge in [-0.1, -0.05) is 48.5 Å². The summed E-state index contributed by atoms with van der Waals surface area (Å²) in [6.07, 6.45) is 3.36. The number of hydrogen-bond donors (Lipinski definition) is 2. The molecule has 1 heterocycles. The molecule has 1 atom stereocenters. The van der Waals surface area contributed by atoms with Crippen LogP contribution in [0, 0.1) is 0 Å². The lowest BCUT2D eigenvalue weighted by molar-refractivity contribution is -0.133. The average molecular weight is 452 g/mol. The van der Waals surface area contributed by atoms with E-state index in [0.717, 1.165) is 22.3 Å². The van der Waals surface area contributed by atoms with Crippen LogP contribution < -0.4 is 15.8 Å². The molecule has 0 aliphatic rings. The number of pyridine rings is 1. The molecule has 6 nitrogen and oxygen atoms in total. The first kappa shape index (κ1) is 22.9. The smallest absolute Gasteiger partial charge is 0.315 e. The van der Waals surface area contributed by atoms with Crippen molar-refractivity contribution < 1.29 is 14.3 Å². The number of nitrogens with two attached hydrogens (primary N) is 1. The van der Waals surface area contributed by atoms with E-state index in [9.17, 15) is 9.59 Å². The van der Waals surface area contributed by atoms with Crippen LogP contribution in [0.4, 0.5) is 5.69 Å². The van der Waals surface area contributed by atoms with E-state index in [2.05, 4.69) is 10.3 Å². The van der Waals surface area contributed by atoms with Crippen LogP contribution in [0.5, 0.6) is 5.75 Å². The van der Waals surface area contributed by atoms with Crippen LogP contribution in [0.1, 0.15) is 34.5 Å². The second-order valence-electron chi connectivity index (χ2n) is 7.94. The van der Waals surface area contributed by atoms with E-state index < -0.39 is 0 Å². The molecule has 0 aliphatic carbocycles. The zero-order valence-corrected chi connectivity index (χ0v) is 18.8. The largest absolute Gasteiger partial charge is 0.426 e. The Morgan fingerprint density at radius 2 is 1.71 bits per heavy atom. The predicted molar refractivity (Wildman–Crippen MR) is 132 cm³/mol. The highest BCUT2D eigenvalue weighted by atomic mass is 16.5. The lowest BCUT2D eigenvalue weighted by atomic mass is 9.92. The number of amides is 1. The molecule has 4 rings (SSSR count). The van der Waals surface area contributed by atoms with Gasteiger partial charge in [-0.2, -0.15) is 0 Å². The quantitative estimate of drug-likeness (QED) is 0.299. The van der Waals surface area contributed by atoms with Gasteiger partial charge in [-0.05, 0) is 65.6 Å². The predicted octanol–water partition coefficient (Wildman–Crippen LogP) is 5.17. The van der Waals surface area contributed by atoms with Gasteiger partial charge in [0.15, 0.2) is 0 Å². The van der Waals surface area contributed by atoms with E-state index in [0.29, 0.717) is 17.0 Å². The Morgan fingerprint density at radius 3 is 2.44 bits per heavy atom. The Labute approximate surface area is 198 Å². The summed E-state index contributed by atoms with van der Waals surface area (Å²) in [5, 5.41) is 2.87. The van der Waals surface area contributed by atoms with Crippen molar-refractivity contribution in [2.75, 3.05) is 5.32 Å². The Hall–Kier alpha value is -4.29. The Kier molecular flexibility index (Phi) is 7.10. The maximum atomic E-state index is 12.8. The maximum Gasteiger partial charge on any atom is 0.315 e. The fraction of sp³-hybridized carbons (Fsp3) is 0.107. The van der Waals surface area contributed by atoms with E-state index >= 15 is 0 Å². The number of para-hydroxylation sites is 1. The average Bonchev–Trinajstić information content (AvgIpc) is 2.85. The van der Waals surface area contributed by atoms with Gasteiger partial charge in [0, 0.05) is 29.7 Å². The second kappa shape index (κ2) is 10.6. The number of esters is 1. The van der Waals surface area contributed by atoms with E-state index in [1.54, 1.807) is 42.7 Å². The van der Waals surface area contributed by atoms with Gasteiger partial charge in [-0.3, -0.25) is 14.6 Å². The highest BCUT2D eigenvalue weighted by Crippen LogP contribution is 2.30. The summed E-state index contributed by atoms with van der Waals surface area (Å²) < 4.78 is 5.42. The molecular formula is C28H25N3O3. The van der Waals surface area contributed by atoms with Crippen LogP contribution in [0.3, 0.4) is 0 Å². The highest BCUT2D eigenvalue weighted by Gasteiger charge is 2.15. The molecule has 6 heteroatoms. The summed E-state index contributed by atoms with van der Waals surface area (Å²) in [7, 11) is 0. The molecule has 0 aliphatic heterocycles. The van der Waals surface area contributed by atoms with Crippen molar-refractivity contribution in [2.24, 2.45) is 5.73 Å². The van der Waals surface area contributed by atoms with Gasteiger partial charge in [0.2, 0.25) is 0 Å². The van der Waals surface area contributed by atoms with Gasteiger partial charge >= 0.3 is 5.97 Å². The number of rotatable bonds is 7. The number of benzene rings is 3. The van der Waals surface area contributed by atoms with Gasteiger partial charge in [0.05, 0.1) is 6.42 Å². The van der Waals surface area contributed by atoms with Crippen molar-refractivity contribution in [3.05, 3.63) is 114 Å². The zero-order valence-electron chi connectivity index (χ0n) is 18.8. The summed E-state index contributed by atoms with van der Waals surface area (Å²) in [5.41, 5.74) is 10.8. The van der Waals surface area contributed by atoms with E-state index in [4.69, 9.17) is 10.5 Å². The lowest BCUT2D eigenvalue weighted by Crippen LogP contribution is -2.14. The molecule has 1 aromatic heterocycles. The summed E-state index contributed by atoms with van der Waals surface area (Å²) in [4.78, 5) is 29.2. The number of carbonyl (C=O) groups is 2. The first-order chi connectivity index (χ1) is 16.5. The summed E-state index contributed by atoms with van der Waals surface area (Å²) in [6.45, 7) is 1.90. The van der Waals surface area contributed by atoms with Gasteiger partial charge in [0.1, 0.15) is 5.75 Å². The number of nitrogens with zero attached hydrogens (tertiary/aromatic N) is 1. The summed E-state index contributed by atoms with van der Waals surface area (Å²) >= 11 is 0. The molecule has 0 saturated heterocycles. The Morgan fingerprint density at radius 1 is 0.941 bits per heavy atom. The standard InChI is InChI=1S/C28H25N3O3/c1-19(29)25-11-10-22(28(33)31-23-12-14-30-15-13-23)18-26(25)21-7-5-6-20(16-21)17-27(32)34-24-8-3-2-4-9-24/h2-16,18-19H,17,29H2,1H3,(H,30,31,33). The number of nitrogens with one attached hydrogen (secondary N) is 1. The molecule has 1 unspecified atom stereocenters. The number of anilines is 1. The fourth-order valence-corrected chi connectivity index (χ4v) is 3.65. The minimum absolute atomic E-state index is 0.123. The first-order valence-corrected chi connectivity index (χ1v) is 11.0. The third-order valence-electron chi connectivity index (χ3n) is 5.31. The molecule has 3 N–H and O–H groups in total. The van der Waals surface area contributed by atoms with Crippen molar-refractivity contribution in [3.8, 4) is 16.9 Å². The Balaban J connectivity index is 1.59. The topological polar surface area (TPSA) is 94.3 Å². The van der Waals surface area contributed by atoms with Gasteiger partial charge in [-0.15, -0.1) is 0 Å². The molecule has 0 bridgehead atoms. The SMILES string of the molecule is CC(N)c1ccc(C(=O)Nc2ccncc2)cc1-c1cccc(CC(=O)Oc2ccccc2)c1. The molecule has 0 spiro atoms. The minimum atomic E-state index is -0.346. The Bertz CT molecular complexity index is 1290. The zero-order chi connectivity index (χ0) is 23.9. The van der Waals surface area contributed by atoms with Crippen LogP contribution >= 0.6 is 0 Å². The van der Waals surface area contributed by atoms with E-state index in [-0.39, 0.29) is 24.3 Å².